The molecule has 2 aromatic rings. The van der Waals surface area contributed by atoms with E-state index < -0.39 is 0 Å². The van der Waals surface area contributed by atoms with Gasteiger partial charge in [0.15, 0.2) is 0 Å². The molecule has 3 heterocycles. The fourth-order valence-electron chi connectivity index (χ4n) is 2.70. The van der Waals surface area contributed by atoms with Gasteiger partial charge in [0.2, 0.25) is 0 Å². The molecule has 0 aliphatic carbocycles. The maximum atomic E-state index is 4.33. The van der Waals surface area contributed by atoms with Crippen molar-refractivity contribution < 1.29 is 0 Å². The summed E-state index contributed by atoms with van der Waals surface area (Å²) in [5.74, 6) is 1.24. The molecule has 4 heteroatoms. The molecule has 0 spiro atoms. The summed E-state index contributed by atoms with van der Waals surface area (Å²) >= 11 is 0. The number of aromatic nitrogens is 2. The number of rotatable bonds is 1. The van der Waals surface area contributed by atoms with Crippen LogP contribution in [0.3, 0.4) is 0 Å². The summed E-state index contributed by atoms with van der Waals surface area (Å²) in [5.41, 5.74) is 1.02. The topological polar surface area (TPSA) is 32.6 Å². The molecule has 1 fully saturated rings. The molecule has 1 aliphatic rings. The van der Waals surface area contributed by atoms with Gasteiger partial charge < -0.3 is 10.2 Å². The van der Waals surface area contributed by atoms with Gasteiger partial charge in [-0.2, -0.15) is 0 Å². The van der Waals surface area contributed by atoms with Crippen molar-refractivity contribution in [3.8, 4) is 0 Å². The molecule has 1 saturated heterocycles. The van der Waals surface area contributed by atoms with Crippen molar-refractivity contribution in [2.24, 2.45) is 0 Å². The van der Waals surface area contributed by atoms with Crippen molar-refractivity contribution in [3.63, 3.8) is 0 Å². The number of hydrogen-bond acceptors (Lipinski definition) is 3. The van der Waals surface area contributed by atoms with Crippen LogP contribution in [0.4, 0.5) is 5.82 Å². The Balaban J connectivity index is 2.00. The second-order valence-electron chi connectivity index (χ2n) is 4.91. The molecule has 1 aliphatic heterocycles. The molecule has 1 N–H and O–H groups in total. The van der Waals surface area contributed by atoms with Crippen molar-refractivity contribution >= 4 is 11.5 Å². The van der Waals surface area contributed by atoms with E-state index in [4.69, 9.17) is 0 Å². The minimum atomic E-state index is 0.525. The van der Waals surface area contributed by atoms with E-state index in [1.165, 1.54) is 5.82 Å². The van der Waals surface area contributed by atoms with Gasteiger partial charge in [-0.3, -0.25) is 4.40 Å². The minimum absolute atomic E-state index is 0.525. The van der Waals surface area contributed by atoms with Gasteiger partial charge in [-0.25, -0.2) is 4.98 Å². The number of hydrogen-bond donors (Lipinski definition) is 1. The third-order valence-electron chi connectivity index (χ3n) is 3.29. The van der Waals surface area contributed by atoms with E-state index in [0.29, 0.717) is 12.1 Å². The second-order valence-corrected chi connectivity index (χ2v) is 4.91. The third kappa shape index (κ3) is 1.89. The van der Waals surface area contributed by atoms with E-state index in [2.05, 4.69) is 45.6 Å². The predicted molar refractivity (Wildman–Crippen MR) is 69.5 cm³/mol. The first-order valence-corrected chi connectivity index (χ1v) is 6.17. The zero-order chi connectivity index (χ0) is 11.8. The normalized spacial score (nSPS) is 25.4. The first kappa shape index (κ1) is 10.6. The van der Waals surface area contributed by atoms with Gasteiger partial charge in [-0.05, 0) is 26.0 Å². The zero-order valence-electron chi connectivity index (χ0n) is 10.3. The van der Waals surface area contributed by atoms with Gasteiger partial charge in [0.1, 0.15) is 11.5 Å². The molecule has 2 atom stereocenters. The Bertz CT molecular complexity index is 509. The van der Waals surface area contributed by atoms with Crippen LogP contribution in [0.15, 0.2) is 30.6 Å². The Morgan fingerprint density at radius 2 is 2.00 bits per heavy atom. The van der Waals surface area contributed by atoms with Crippen LogP contribution in [-0.4, -0.2) is 34.6 Å². The van der Waals surface area contributed by atoms with E-state index in [1.807, 2.05) is 18.5 Å². The molecule has 2 unspecified atom stereocenters. The molecule has 0 bridgehead atoms. The SMILES string of the molecule is CC1CN(c2cccc3nccn23)CC(C)N1. The zero-order valence-corrected chi connectivity index (χ0v) is 10.3. The highest BCUT2D eigenvalue weighted by Crippen LogP contribution is 2.19. The summed E-state index contributed by atoms with van der Waals surface area (Å²) in [6, 6.07) is 7.34. The summed E-state index contributed by atoms with van der Waals surface area (Å²) in [5, 5.41) is 3.55. The Hall–Kier alpha value is -1.55. The number of nitrogens with zero attached hydrogens (tertiary/aromatic N) is 3. The fraction of sp³-hybridized carbons (Fsp3) is 0.462. The summed E-state index contributed by atoms with van der Waals surface area (Å²) in [4.78, 5) is 6.76. The smallest absolute Gasteiger partial charge is 0.138 e. The molecule has 90 valence electrons. The van der Waals surface area contributed by atoms with Crippen LogP contribution in [0, 0.1) is 0 Å². The molecular weight excluding hydrogens is 212 g/mol. The number of anilines is 1. The van der Waals surface area contributed by atoms with Crippen LogP contribution in [0.5, 0.6) is 0 Å². The van der Waals surface area contributed by atoms with Crippen LogP contribution >= 0.6 is 0 Å². The number of nitrogens with one attached hydrogen (secondary N) is 1. The highest BCUT2D eigenvalue weighted by atomic mass is 15.3. The van der Waals surface area contributed by atoms with Gasteiger partial charge >= 0.3 is 0 Å². The molecule has 17 heavy (non-hydrogen) atoms. The lowest BCUT2D eigenvalue weighted by molar-refractivity contribution is 0.404. The van der Waals surface area contributed by atoms with E-state index in [9.17, 15) is 0 Å². The van der Waals surface area contributed by atoms with Gasteiger partial charge in [0.25, 0.3) is 0 Å². The lowest BCUT2D eigenvalue weighted by Crippen LogP contribution is -2.54. The molecule has 0 radical (unpaired) electrons. The van der Waals surface area contributed by atoms with Crippen LogP contribution in [0.25, 0.3) is 5.65 Å². The van der Waals surface area contributed by atoms with Crippen LogP contribution in [-0.2, 0) is 0 Å². The average Bonchev–Trinajstić information content (AvgIpc) is 2.75. The maximum absolute atomic E-state index is 4.33. The van der Waals surface area contributed by atoms with Crippen LogP contribution in [0.2, 0.25) is 0 Å². The number of piperazine rings is 1. The summed E-state index contributed by atoms with van der Waals surface area (Å²) in [7, 11) is 0. The highest BCUT2D eigenvalue weighted by Gasteiger charge is 2.22. The van der Waals surface area contributed by atoms with Gasteiger partial charge in [0, 0.05) is 37.6 Å². The first-order valence-electron chi connectivity index (χ1n) is 6.17. The molecule has 0 aromatic carbocycles. The fourth-order valence-corrected chi connectivity index (χ4v) is 2.70. The highest BCUT2D eigenvalue weighted by molar-refractivity contribution is 5.52. The molecular formula is C13H18N4. The summed E-state index contributed by atoms with van der Waals surface area (Å²) < 4.78 is 2.16. The van der Waals surface area contributed by atoms with E-state index in [0.717, 1.165) is 18.7 Å². The van der Waals surface area contributed by atoms with E-state index >= 15 is 0 Å². The van der Waals surface area contributed by atoms with E-state index in [1.54, 1.807) is 0 Å². The first-order chi connectivity index (χ1) is 8.24. The maximum Gasteiger partial charge on any atom is 0.138 e. The Labute approximate surface area is 101 Å². The predicted octanol–water partition coefficient (Wildman–Crippen LogP) is 1.52. The van der Waals surface area contributed by atoms with Crippen LogP contribution in [0.1, 0.15) is 13.8 Å². The second kappa shape index (κ2) is 4.04. The van der Waals surface area contributed by atoms with Crippen molar-refractivity contribution in [1.29, 1.82) is 0 Å². The lowest BCUT2D eigenvalue weighted by atomic mass is 10.1. The molecule has 2 aromatic heterocycles. The number of fused-ring (bicyclic) bond motifs is 1. The molecule has 4 nitrogen and oxygen atoms in total. The van der Waals surface area contributed by atoms with Gasteiger partial charge in [0.05, 0.1) is 0 Å². The molecule has 3 rings (SSSR count). The molecule has 0 saturated carbocycles. The van der Waals surface area contributed by atoms with Crippen molar-refractivity contribution in [2.45, 2.75) is 25.9 Å². The van der Waals surface area contributed by atoms with Crippen LogP contribution < -0.4 is 10.2 Å². The molecule has 0 amide bonds. The average molecular weight is 230 g/mol. The van der Waals surface area contributed by atoms with Crippen molar-refractivity contribution in [3.05, 3.63) is 30.6 Å². The Morgan fingerprint density at radius 3 is 2.76 bits per heavy atom. The largest absolute Gasteiger partial charge is 0.355 e. The third-order valence-corrected chi connectivity index (χ3v) is 3.29. The van der Waals surface area contributed by atoms with Gasteiger partial charge in [-0.1, -0.05) is 6.07 Å². The number of pyridine rings is 1. The lowest BCUT2D eigenvalue weighted by Gasteiger charge is -2.37. The standard InChI is InChI=1S/C13H18N4/c1-10-8-16(9-11(2)15-10)13-5-3-4-12-14-6-7-17(12)13/h3-7,10-11,15H,8-9H2,1-2H3. The number of imidazole rings is 1. The van der Waals surface area contributed by atoms with Gasteiger partial charge in [-0.15, -0.1) is 0 Å². The summed E-state index contributed by atoms with van der Waals surface area (Å²) in [6.07, 6.45) is 3.88. The Kier molecular flexibility index (Phi) is 2.52. The summed E-state index contributed by atoms with van der Waals surface area (Å²) in [6.45, 7) is 6.55. The monoisotopic (exact) mass is 230 g/mol. The van der Waals surface area contributed by atoms with E-state index in [-0.39, 0.29) is 0 Å². The quantitative estimate of drug-likeness (QED) is 0.806. The van der Waals surface area contributed by atoms with Crippen molar-refractivity contribution in [1.82, 2.24) is 14.7 Å². The van der Waals surface area contributed by atoms with Crippen molar-refractivity contribution in [2.75, 3.05) is 18.0 Å². The Morgan fingerprint density at radius 1 is 1.24 bits per heavy atom. The minimum Gasteiger partial charge on any atom is -0.355 e.